The maximum absolute atomic E-state index is 11.3. The van der Waals surface area contributed by atoms with E-state index in [-0.39, 0.29) is 5.91 Å². The summed E-state index contributed by atoms with van der Waals surface area (Å²) in [4.78, 5) is 11.3. The summed E-state index contributed by atoms with van der Waals surface area (Å²) in [7, 11) is 0. The summed E-state index contributed by atoms with van der Waals surface area (Å²) < 4.78 is 11.2. The van der Waals surface area contributed by atoms with Gasteiger partial charge in [-0.3, -0.25) is 10.2 Å². The highest BCUT2D eigenvalue weighted by Crippen LogP contribution is 2.17. The van der Waals surface area contributed by atoms with Gasteiger partial charge in [-0.05, 0) is 37.1 Å². The molecule has 1 amide bonds. The number of amides is 1. The second-order valence-electron chi connectivity index (χ2n) is 4.56. The van der Waals surface area contributed by atoms with Crippen molar-refractivity contribution >= 4 is 17.7 Å². The third-order valence-corrected chi connectivity index (χ3v) is 4.13. The van der Waals surface area contributed by atoms with E-state index in [1.54, 1.807) is 24.3 Å². The molecule has 20 heavy (non-hydrogen) atoms. The molecule has 6 heteroatoms. The van der Waals surface area contributed by atoms with Gasteiger partial charge in [-0.15, -0.1) is 0 Å². The molecule has 5 nitrogen and oxygen atoms in total. The Balaban J connectivity index is 1.62. The van der Waals surface area contributed by atoms with Crippen molar-refractivity contribution in [3.63, 3.8) is 0 Å². The molecule has 0 aliphatic carbocycles. The van der Waals surface area contributed by atoms with E-state index in [0.717, 1.165) is 23.9 Å². The Morgan fingerprint density at radius 1 is 1.45 bits per heavy atom. The highest BCUT2D eigenvalue weighted by molar-refractivity contribution is 7.99. The molecule has 0 saturated carbocycles. The third-order valence-electron chi connectivity index (χ3n) is 3.07. The number of nitrogens with one attached hydrogen (secondary N) is 1. The normalized spacial score (nSPS) is 17.9. The number of hydrogen-bond acceptors (Lipinski definition) is 5. The van der Waals surface area contributed by atoms with Crippen molar-refractivity contribution in [1.29, 1.82) is 0 Å². The van der Waals surface area contributed by atoms with E-state index in [4.69, 9.17) is 15.3 Å². The van der Waals surface area contributed by atoms with E-state index in [9.17, 15) is 4.79 Å². The zero-order valence-electron chi connectivity index (χ0n) is 11.3. The molecule has 110 valence electrons. The maximum Gasteiger partial charge on any atom is 0.265 e. The number of ether oxygens (including phenoxy) is 2. The first kappa shape index (κ1) is 15.2. The van der Waals surface area contributed by atoms with Crippen LogP contribution in [0.4, 0.5) is 0 Å². The molecular weight excluding hydrogens is 276 g/mol. The number of hydrogen-bond donors (Lipinski definition) is 2. The van der Waals surface area contributed by atoms with Gasteiger partial charge in [0.1, 0.15) is 5.75 Å². The van der Waals surface area contributed by atoms with Crippen LogP contribution in [0, 0.1) is 0 Å². The Hall–Kier alpha value is -1.24. The van der Waals surface area contributed by atoms with Crippen LogP contribution in [0.1, 0.15) is 23.2 Å². The monoisotopic (exact) mass is 296 g/mol. The Kier molecular flexibility index (Phi) is 6.17. The number of rotatable bonds is 7. The quantitative estimate of drug-likeness (QED) is 0.346. The number of carbonyl (C=O) groups excluding carboxylic acids is 1. The molecule has 1 aromatic carbocycles. The van der Waals surface area contributed by atoms with Crippen molar-refractivity contribution in [3.05, 3.63) is 29.8 Å². The number of hydrazine groups is 1. The fourth-order valence-corrected chi connectivity index (χ4v) is 2.89. The second kappa shape index (κ2) is 8.14. The number of nitrogen functional groups attached to an aromatic ring is 1. The summed E-state index contributed by atoms with van der Waals surface area (Å²) >= 11 is 1.85. The molecule has 0 bridgehead atoms. The van der Waals surface area contributed by atoms with Gasteiger partial charge in [0.15, 0.2) is 0 Å². The first-order valence-electron chi connectivity index (χ1n) is 6.73. The summed E-state index contributed by atoms with van der Waals surface area (Å²) in [5.41, 5.74) is 2.61. The first-order valence-corrected chi connectivity index (χ1v) is 7.88. The van der Waals surface area contributed by atoms with E-state index in [2.05, 4.69) is 5.43 Å². The van der Waals surface area contributed by atoms with Gasteiger partial charge in [0.2, 0.25) is 0 Å². The number of nitrogens with two attached hydrogens (primary N) is 1. The molecule has 3 N–H and O–H groups in total. The standard InChI is InChI=1S/C14H20N2O3S/c15-16-14(17)11-3-5-12(6-4-11)19-8-9-20-10-13-2-1-7-18-13/h3-6,13H,1-2,7-10,15H2,(H,16,17). The first-order chi connectivity index (χ1) is 9.79. The largest absolute Gasteiger partial charge is 0.493 e. The van der Waals surface area contributed by atoms with Gasteiger partial charge in [-0.1, -0.05) is 0 Å². The van der Waals surface area contributed by atoms with Gasteiger partial charge in [-0.2, -0.15) is 11.8 Å². The maximum atomic E-state index is 11.3. The molecule has 1 saturated heterocycles. The van der Waals surface area contributed by atoms with Gasteiger partial charge in [0, 0.05) is 23.7 Å². The summed E-state index contributed by atoms with van der Waals surface area (Å²) in [5.74, 6) is 7.50. The zero-order chi connectivity index (χ0) is 14.2. The molecule has 1 atom stereocenters. The van der Waals surface area contributed by atoms with Gasteiger partial charge in [-0.25, -0.2) is 5.84 Å². The van der Waals surface area contributed by atoms with Crippen LogP contribution in [-0.2, 0) is 4.74 Å². The van der Waals surface area contributed by atoms with Crippen LogP contribution < -0.4 is 16.0 Å². The summed E-state index contributed by atoms with van der Waals surface area (Å²) in [6, 6.07) is 6.93. The summed E-state index contributed by atoms with van der Waals surface area (Å²) in [5, 5.41) is 0. The van der Waals surface area contributed by atoms with Crippen molar-refractivity contribution in [1.82, 2.24) is 5.43 Å². The van der Waals surface area contributed by atoms with Crippen molar-refractivity contribution in [2.24, 2.45) is 5.84 Å². The van der Waals surface area contributed by atoms with Gasteiger partial charge in [0.05, 0.1) is 12.7 Å². The van der Waals surface area contributed by atoms with E-state index in [1.807, 2.05) is 11.8 Å². The SMILES string of the molecule is NNC(=O)c1ccc(OCCSCC2CCCO2)cc1. The minimum Gasteiger partial charge on any atom is -0.493 e. The van der Waals surface area contributed by atoms with Gasteiger partial charge in [0.25, 0.3) is 5.91 Å². The minimum absolute atomic E-state index is 0.302. The molecular formula is C14H20N2O3S. The van der Waals surface area contributed by atoms with Crippen LogP contribution in [0.2, 0.25) is 0 Å². The van der Waals surface area contributed by atoms with E-state index in [0.29, 0.717) is 18.3 Å². The predicted molar refractivity (Wildman–Crippen MR) is 79.9 cm³/mol. The Labute approximate surface area is 123 Å². The van der Waals surface area contributed by atoms with Crippen molar-refractivity contribution in [2.45, 2.75) is 18.9 Å². The van der Waals surface area contributed by atoms with Crippen molar-refractivity contribution < 1.29 is 14.3 Å². The third kappa shape index (κ3) is 4.70. The van der Waals surface area contributed by atoms with E-state index in [1.165, 1.54) is 12.8 Å². The van der Waals surface area contributed by atoms with Crippen LogP contribution >= 0.6 is 11.8 Å². The average Bonchev–Trinajstić information content (AvgIpc) is 3.00. The molecule has 0 aromatic heterocycles. The number of thioether (sulfide) groups is 1. The molecule has 1 unspecified atom stereocenters. The fraction of sp³-hybridized carbons (Fsp3) is 0.500. The molecule has 1 aliphatic rings. The van der Waals surface area contributed by atoms with Crippen LogP contribution in [-0.4, -0.2) is 36.7 Å². The lowest BCUT2D eigenvalue weighted by atomic mass is 10.2. The van der Waals surface area contributed by atoms with Crippen LogP contribution in [0.3, 0.4) is 0 Å². The second-order valence-corrected chi connectivity index (χ2v) is 5.71. The zero-order valence-corrected chi connectivity index (χ0v) is 12.2. The molecule has 1 aliphatic heterocycles. The Morgan fingerprint density at radius 3 is 2.90 bits per heavy atom. The van der Waals surface area contributed by atoms with Gasteiger partial charge >= 0.3 is 0 Å². The van der Waals surface area contributed by atoms with Crippen LogP contribution in [0.15, 0.2) is 24.3 Å². The Morgan fingerprint density at radius 2 is 2.25 bits per heavy atom. The van der Waals surface area contributed by atoms with Crippen molar-refractivity contribution in [2.75, 3.05) is 24.7 Å². The summed E-state index contributed by atoms with van der Waals surface area (Å²) in [6.45, 7) is 1.56. The molecule has 1 aromatic rings. The lowest BCUT2D eigenvalue weighted by molar-refractivity contribution is 0.0953. The molecule has 0 spiro atoms. The number of carbonyl (C=O) groups is 1. The highest BCUT2D eigenvalue weighted by atomic mass is 32.2. The molecule has 1 fully saturated rings. The van der Waals surface area contributed by atoms with E-state index < -0.39 is 0 Å². The average molecular weight is 296 g/mol. The van der Waals surface area contributed by atoms with Crippen molar-refractivity contribution in [3.8, 4) is 5.75 Å². The summed E-state index contributed by atoms with van der Waals surface area (Å²) in [6.07, 6.45) is 2.79. The fourth-order valence-electron chi connectivity index (χ4n) is 1.99. The van der Waals surface area contributed by atoms with Crippen LogP contribution in [0.5, 0.6) is 5.75 Å². The van der Waals surface area contributed by atoms with Gasteiger partial charge < -0.3 is 9.47 Å². The topological polar surface area (TPSA) is 73.6 Å². The Bertz CT molecular complexity index is 419. The van der Waals surface area contributed by atoms with Crippen LogP contribution in [0.25, 0.3) is 0 Å². The lowest BCUT2D eigenvalue weighted by Gasteiger charge is -2.09. The molecule has 1 heterocycles. The molecule has 0 radical (unpaired) electrons. The predicted octanol–water partition coefficient (Wildman–Crippen LogP) is 1.58. The highest BCUT2D eigenvalue weighted by Gasteiger charge is 2.14. The lowest BCUT2D eigenvalue weighted by Crippen LogP contribution is -2.29. The smallest absolute Gasteiger partial charge is 0.265 e. The van der Waals surface area contributed by atoms with E-state index >= 15 is 0 Å². The number of benzene rings is 1. The molecule has 2 rings (SSSR count). The minimum atomic E-state index is -0.302.